The predicted octanol–water partition coefficient (Wildman–Crippen LogP) is 3.70. The first kappa shape index (κ1) is 20.6. The molecule has 6 nitrogen and oxygen atoms in total. The monoisotopic (exact) mass is 424 g/mol. The summed E-state index contributed by atoms with van der Waals surface area (Å²) in [6, 6.07) is 16.5. The van der Waals surface area contributed by atoms with Crippen LogP contribution in [0, 0.1) is 0 Å². The molecule has 2 heterocycles. The van der Waals surface area contributed by atoms with Crippen molar-refractivity contribution in [3.05, 3.63) is 54.1 Å². The number of amides is 1. The minimum absolute atomic E-state index is 0.0760. The third kappa shape index (κ3) is 4.91. The van der Waals surface area contributed by atoms with Crippen LogP contribution in [0.4, 0.5) is 17.1 Å². The summed E-state index contributed by atoms with van der Waals surface area (Å²) < 4.78 is 5.42. The van der Waals surface area contributed by atoms with Crippen molar-refractivity contribution in [1.82, 2.24) is 5.32 Å². The molecule has 158 valence electrons. The summed E-state index contributed by atoms with van der Waals surface area (Å²) in [5, 5.41) is 7.15. The molecular formula is C23H28N4O2S. The van der Waals surface area contributed by atoms with E-state index in [9.17, 15) is 4.79 Å². The first-order chi connectivity index (χ1) is 14.6. The van der Waals surface area contributed by atoms with Crippen molar-refractivity contribution in [2.75, 3.05) is 48.0 Å². The molecule has 2 N–H and O–H groups in total. The van der Waals surface area contributed by atoms with Crippen molar-refractivity contribution >= 4 is 40.3 Å². The smallest absolute Gasteiger partial charge is 0.227 e. The van der Waals surface area contributed by atoms with Crippen molar-refractivity contribution in [2.45, 2.75) is 25.8 Å². The van der Waals surface area contributed by atoms with Crippen LogP contribution in [0.25, 0.3) is 0 Å². The number of hydrogen-bond acceptors (Lipinski definition) is 4. The van der Waals surface area contributed by atoms with Gasteiger partial charge in [0, 0.05) is 43.1 Å². The number of ether oxygens (including phenoxy) is 1. The molecule has 0 radical (unpaired) electrons. The van der Waals surface area contributed by atoms with E-state index in [1.165, 1.54) is 11.3 Å². The predicted molar refractivity (Wildman–Crippen MR) is 125 cm³/mol. The SMILES string of the molecule is CC(NC(=S)Nc1cccc(N2CCCC2=O)c1)c1ccc(N2CCOCC2)cc1. The maximum atomic E-state index is 12.0. The zero-order valence-electron chi connectivity index (χ0n) is 17.3. The molecule has 0 bridgehead atoms. The van der Waals surface area contributed by atoms with Crippen molar-refractivity contribution in [3.63, 3.8) is 0 Å². The number of carbonyl (C=O) groups is 1. The summed E-state index contributed by atoms with van der Waals surface area (Å²) in [6.45, 7) is 6.31. The van der Waals surface area contributed by atoms with Crippen LogP contribution >= 0.6 is 12.2 Å². The van der Waals surface area contributed by atoms with Crippen LogP contribution in [0.1, 0.15) is 31.4 Å². The topological polar surface area (TPSA) is 56.8 Å². The summed E-state index contributed by atoms with van der Waals surface area (Å²) in [6.07, 6.45) is 1.54. The number of thiocarbonyl (C=S) groups is 1. The van der Waals surface area contributed by atoms with Crippen LogP contribution in [-0.2, 0) is 9.53 Å². The lowest BCUT2D eigenvalue weighted by Gasteiger charge is -2.29. The van der Waals surface area contributed by atoms with Crippen LogP contribution in [0.3, 0.4) is 0 Å². The van der Waals surface area contributed by atoms with E-state index in [1.807, 2.05) is 29.2 Å². The maximum absolute atomic E-state index is 12.0. The van der Waals surface area contributed by atoms with Crippen LogP contribution in [-0.4, -0.2) is 43.9 Å². The van der Waals surface area contributed by atoms with E-state index >= 15 is 0 Å². The summed E-state index contributed by atoms with van der Waals surface area (Å²) in [7, 11) is 0. The zero-order chi connectivity index (χ0) is 20.9. The molecule has 0 spiro atoms. The van der Waals surface area contributed by atoms with E-state index in [0.29, 0.717) is 11.5 Å². The molecule has 30 heavy (non-hydrogen) atoms. The lowest BCUT2D eigenvalue weighted by molar-refractivity contribution is -0.117. The van der Waals surface area contributed by atoms with Gasteiger partial charge in [-0.1, -0.05) is 18.2 Å². The number of rotatable bonds is 5. The molecule has 2 aromatic carbocycles. The molecule has 1 unspecified atom stereocenters. The highest BCUT2D eigenvalue weighted by Gasteiger charge is 2.21. The second kappa shape index (κ2) is 9.45. The second-order valence-electron chi connectivity index (χ2n) is 7.71. The lowest BCUT2D eigenvalue weighted by Crippen LogP contribution is -2.36. The fraction of sp³-hybridized carbons (Fsp3) is 0.391. The molecular weight excluding hydrogens is 396 g/mol. The highest BCUT2D eigenvalue weighted by Crippen LogP contribution is 2.25. The van der Waals surface area contributed by atoms with Gasteiger partial charge < -0.3 is 25.2 Å². The summed E-state index contributed by atoms with van der Waals surface area (Å²) >= 11 is 5.52. The molecule has 1 amide bonds. The van der Waals surface area contributed by atoms with Gasteiger partial charge in [-0.25, -0.2) is 0 Å². The number of nitrogens with one attached hydrogen (secondary N) is 2. The fourth-order valence-corrected chi connectivity index (χ4v) is 4.21. The van der Waals surface area contributed by atoms with Gasteiger partial charge in [0.15, 0.2) is 5.11 Å². The number of carbonyl (C=O) groups excluding carboxylic acids is 1. The molecule has 2 fully saturated rings. The first-order valence-corrected chi connectivity index (χ1v) is 10.9. The van der Waals surface area contributed by atoms with Gasteiger partial charge in [-0.3, -0.25) is 4.79 Å². The molecule has 4 rings (SSSR count). The quantitative estimate of drug-likeness (QED) is 0.714. The van der Waals surface area contributed by atoms with Crippen molar-refractivity contribution in [3.8, 4) is 0 Å². The van der Waals surface area contributed by atoms with Gasteiger partial charge in [0.25, 0.3) is 0 Å². The average molecular weight is 425 g/mol. The van der Waals surface area contributed by atoms with E-state index in [1.54, 1.807) is 0 Å². The van der Waals surface area contributed by atoms with E-state index in [0.717, 1.165) is 50.6 Å². The normalized spacial score (nSPS) is 17.7. The van der Waals surface area contributed by atoms with Crippen LogP contribution in [0.15, 0.2) is 48.5 Å². The van der Waals surface area contributed by atoms with E-state index in [2.05, 4.69) is 46.7 Å². The third-order valence-corrected chi connectivity index (χ3v) is 5.83. The Morgan fingerprint density at radius 2 is 1.83 bits per heavy atom. The maximum Gasteiger partial charge on any atom is 0.227 e. The van der Waals surface area contributed by atoms with Crippen molar-refractivity contribution in [2.24, 2.45) is 0 Å². The Kier molecular flexibility index (Phi) is 6.50. The van der Waals surface area contributed by atoms with Crippen molar-refractivity contribution in [1.29, 1.82) is 0 Å². The molecule has 2 aliphatic rings. The molecule has 2 aliphatic heterocycles. The van der Waals surface area contributed by atoms with Gasteiger partial charge >= 0.3 is 0 Å². The van der Waals surface area contributed by atoms with Crippen LogP contribution in [0.5, 0.6) is 0 Å². The van der Waals surface area contributed by atoms with Gasteiger partial charge in [0.1, 0.15) is 0 Å². The van der Waals surface area contributed by atoms with Gasteiger partial charge in [-0.05, 0) is 61.5 Å². The van der Waals surface area contributed by atoms with Gasteiger partial charge in [-0.15, -0.1) is 0 Å². The van der Waals surface area contributed by atoms with E-state index in [4.69, 9.17) is 17.0 Å². The summed E-state index contributed by atoms with van der Waals surface area (Å²) in [5.74, 6) is 0.182. The van der Waals surface area contributed by atoms with Crippen LogP contribution < -0.4 is 20.4 Å². The standard InChI is InChI=1S/C23H28N4O2S/c1-17(18-7-9-20(10-8-18)26-12-14-29-15-13-26)24-23(30)25-19-4-2-5-21(16-19)27-11-3-6-22(27)28/h2,4-5,7-10,16-17H,3,6,11-15H2,1H3,(H2,24,25,30). The molecule has 1 atom stereocenters. The minimum Gasteiger partial charge on any atom is -0.378 e. The summed E-state index contributed by atoms with van der Waals surface area (Å²) in [4.78, 5) is 16.2. The van der Waals surface area contributed by atoms with Crippen molar-refractivity contribution < 1.29 is 9.53 Å². The highest BCUT2D eigenvalue weighted by molar-refractivity contribution is 7.80. The molecule has 7 heteroatoms. The molecule has 0 saturated carbocycles. The van der Waals surface area contributed by atoms with Gasteiger partial charge in [0.2, 0.25) is 5.91 Å². The number of anilines is 3. The Bertz CT molecular complexity index is 896. The second-order valence-corrected chi connectivity index (χ2v) is 8.12. The number of morpholine rings is 1. The number of nitrogens with zero attached hydrogens (tertiary/aromatic N) is 2. The molecule has 0 aliphatic carbocycles. The van der Waals surface area contributed by atoms with Gasteiger partial charge in [0.05, 0.1) is 19.3 Å². The molecule has 2 saturated heterocycles. The lowest BCUT2D eigenvalue weighted by atomic mass is 10.1. The Hall–Kier alpha value is -2.64. The highest BCUT2D eigenvalue weighted by atomic mass is 32.1. The fourth-order valence-electron chi connectivity index (χ4n) is 3.92. The zero-order valence-corrected chi connectivity index (χ0v) is 18.1. The minimum atomic E-state index is 0.0760. The Labute approximate surface area is 183 Å². The largest absolute Gasteiger partial charge is 0.378 e. The Morgan fingerprint density at radius 3 is 2.53 bits per heavy atom. The van der Waals surface area contributed by atoms with E-state index in [-0.39, 0.29) is 11.9 Å². The third-order valence-electron chi connectivity index (χ3n) is 5.61. The van der Waals surface area contributed by atoms with E-state index < -0.39 is 0 Å². The van der Waals surface area contributed by atoms with Gasteiger partial charge in [-0.2, -0.15) is 0 Å². The Balaban J connectivity index is 1.34. The number of benzene rings is 2. The summed E-state index contributed by atoms with van der Waals surface area (Å²) in [5.41, 5.74) is 4.19. The first-order valence-electron chi connectivity index (χ1n) is 10.5. The average Bonchev–Trinajstić information content (AvgIpc) is 3.20. The molecule has 0 aromatic heterocycles. The van der Waals surface area contributed by atoms with Crippen LogP contribution in [0.2, 0.25) is 0 Å². The Morgan fingerprint density at radius 1 is 1.07 bits per heavy atom. The molecule has 2 aromatic rings. The number of hydrogen-bond donors (Lipinski definition) is 2.